The number of aromatic nitrogens is 1. The number of carboxylic acids is 1. The first kappa shape index (κ1) is 27.3. The zero-order valence-corrected chi connectivity index (χ0v) is 20.5. The highest BCUT2D eigenvalue weighted by Gasteiger charge is 2.57. The number of hydrogen-bond donors (Lipinski definition) is 2. The van der Waals surface area contributed by atoms with E-state index in [4.69, 9.17) is 9.90 Å². The molecule has 35 heavy (non-hydrogen) atoms. The van der Waals surface area contributed by atoms with Gasteiger partial charge in [0.1, 0.15) is 0 Å². The third-order valence-corrected chi connectivity index (χ3v) is 8.75. The van der Waals surface area contributed by atoms with Crippen molar-refractivity contribution in [2.24, 2.45) is 17.8 Å². The number of alkyl halides is 3. The Morgan fingerprint density at radius 2 is 1.89 bits per heavy atom. The molecule has 4 rings (SSSR count). The summed E-state index contributed by atoms with van der Waals surface area (Å²) in [6, 6.07) is 4.94. The Morgan fingerprint density at radius 1 is 1.26 bits per heavy atom. The minimum atomic E-state index is -5.08. The Labute approximate surface area is 202 Å². The highest BCUT2D eigenvalue weighted by molar-refractivity contribution is 7.89. The van der Waals surface area contributed by atoms with E-state index in [-0.39, 0.29) is 28.3 Å². The molecule has 2 atom stereocenters. The molecule has 4 heterocycles. The number of pyridine rings is 1. The van der Waals surface area contributed by atoms with Crippen LogP contribution >= 0.6 is 0 Å². The van der Waals surface area contributed by atoms with Gasteiger partial charge in [0.2, 0.25) is 5.91 Å². The van der Waals surface area contributed by atoms with E-state index in [2.05, 4.69) is 29.0 Å². The average molecular weight is 521 g/mol. The molecule has 0 bridgehead atoms. The summed E-state index contributed by atoms with van der Waals surface area (Å²) in [7, 11) is -3.57. The van der Waals surface area contributed by atoms with Crippen LogP contribution in [-0.4, -0.2) is 84.0 Å². The molecule has 1 aromatic heterocycles. The number of carbonyl (C=O) groups excluding carboxylic acids is 1. The van der Waals surface area contributed by atoms with E-state index < -0.39 is 22.2 Å². The number of amides is 1. The van der Waals surface area contributed by atoms with Crippen LogP contribution in [0.1, 0.15) is 33.1 Å². The monoisotopic (exact) mass is 520 g/mol. The molecule has 3 fully saturated rings. The van der Waals surface area contributed by atoms with Crippen molar-refractivity contribution in [2.75, 3.05) is 32.7 Å². The second-order valence-electron chi connectivity index (χ2n) is 9.68. The predicted molar refractivity (Wildman–Crippen MR) is 120 cm³/mol. The maximum absolute atomic E-state index is 12.9. The minimum Gasteiger partial charge on any atom is -0.475 e. The number of fused-ring (bicyclic) bond motifs is 2. The molecule has 196 valence electrons. The van der Waals surface area contributed by atoms with Crippen molar-refractivity contribution in [1.82, 2.24) is 19.5 Å². The number of piperidine rings is 1. The van der Waals surface area contributed by atoms with Crippen LogP contribution in [0, 0.1) is 17.8 Å². The van der Waals surface area contributed by atoms with Crippen molar-refractivity contribution in [1.29, 1.82) is 0 Å². The van der Waals surface area contributed by atoms with Crippen molar-refractivity contribution in [3.63, 3.8) is 0 Å². The van der Waals surface area contributed by atoms with Crippen molar-refractivity contribution in [3.8, 4) is 0 Å². The summed E-state index contributed by atoms with van der Waals surface area (Å²) >= 11 is 0. The topological polar surface area (TPSA) is 120 Å². The fraction of sp³-hybridized carbons (Fsp3) is 0.682. The number of nitrogens with one attached hydrogen (secondary N) is 1. The second-order valence-corrected chi connectivity index (χ2v) is 11.6. The lowest BCUT2D eigenvalue weighted by atomic mass is 9.76. The molecule has 3 aliphatic heterocycles. The van der Waals surface area contributed by atoms with E-state index in [9.17, 15) is 26.4 Å². The van der Waals surface area contributed by atoms with Gasteiger partial charge in [-0.3, -0.25) is 4.79 Å². The van der Waals surface area contributed by atoms with E-state index in [0.717, 1.165) is 26.1 Å². The third-order valence-electron chi connectivity index (χ3n) is 6.94. The van der Waals surface area contributed by atoms with Gasteiger partial charge in [-0.05, 0) is 43.9 Å². The molecule has 1 spiro atoms. The van der Waals surface area contributed by atoms with Gasteiger partial charge in [-0.1, -0.05) is 19.9 Å². The van der Waals surface area contributed by atoms with Gasteiger partial charge in [-0.15, -0.1) is 0 Å². The highest BCUT2D eigenvalue weighted by atomic mass is 32.2. The summed E-state index contributed by atoms with van der Waals surface area (Å²) in [6.07, 6.45) is -1.09. The minimum absolute atomic E-state index is 0.0473. The molecular weight excluding hydrogens is 489 g/mol. The van der Waals surface area contributed by atoms with Crippen molar-refractivity contribution < 1.29 is 36.3 Å². The molecule has 3 aliphatic rings. The first-order valence-electron chi connectivity index (χ1n) is 11.5. The molecule has 0 radical (unpaired) electrons. The van der Waals surface area contributed by atoms with Crippen molar-refractivity contribution in [2.45, 2.75) is 49.9 Å². The molecule has 1 amide bonds. The number of carbonyl (C=O) groups is 2. The van der Waals surface area contributed by atoms with Crippen LogP contribution in [0.3, 0.4) is 0 Å². The van der Waals surface area contributed by atoms with Gasteiger partial charge in [-0.25, -0.2) is 18.2 Å². The molecule has 2 N–H and O–H groups in total. The summed E-state index contributed by atoms with van der Waals surface area (Å²) in [5.41, 5.74) is -0.259. The molecule has 0 saturated carbocycles. The second kappa shape index (κ2) is 10.4. The summed E-state index contributed by atoms with van der Waals surface area (Å²) in [5, 5.41) is 10.5. The lowest BCUT2D eigenvalue weighted by Crippen LogP contribution is -2.56. The zero-order chi connectivity index (χ0) is 26.0. The quantitative estimate of drug-likeness (QED) is 0.609. The van der Waals surface area contributed by atoms with Crippen LogP contribution in [0.5, 0.6) is 0 Å². The third kappa shape index (κ3) is 6.12. The van der Waals surface area contributed by atoms with E-state index in [0.29, 0.717) is 31.8 Å². The standard InChI is InChI=1S/C20H30N4O3S.C2HF3O2/c1-15(2)6-10-23-13-16-17(14-23)20(22-19(16)25)7-11-24(12-8-20)28(26,27)18-5-3-4-9-21-18;3-2(4,5)1(6)7/h3-5,9,15-17H,6-8,10-14H2,1-2H3,(H,22,25);(H,6,7)/t16-,17+;/m1./s1. The summed E-state index contributed by atoms with van der Waals surface area (Å²) in [5.74, 6) is -1.62. The zero-order valence-electron chi connectivity index (χ0n) is 19.7. The van der Waals surface area contributed by atoms with E-state index in [1.54, 1.807) is 12.1 Å². The molecule has 0 unspecified atom stereocenters. The largest absolute Gasteiger partial charge is 0.490 e. The van der Waals surface area contributed by atoms with Crippen molar-refractivity contribution >= 4 is 21.9 Å². The van der Waals surface area contributed by atoms with E-state index in [1.807, 2.05) is 0 Å². The summed E-state index contributed by atoms with van der Waals surface area (Å²) in [6.45, 7) is 8.10. The number of nitrogens with zero attached hydrogens (tertiary/aromatic N) is 3. The average Bonchev–Trinajstić information content (AvgIpc) is 3.33. The van der Waals surface area contributed by atoms with Gasteiger partial charge in [0.15, 0.2) is 5.03 Å². The molecule has 0 aromatic carbocycles. The number of rotatable bonds is 5. The lowest BCUT2D eigenvalue weighted by molar-refractivity contribution is -0.192. The van der Waals surface area contributed by atoms with Gasteiger partial charge in [0, 0.05) is 43.8 Å². The smallest absolute Gasteiger partial charge is 0.475 e. The Kier molecular flexibility index (Phi) is 8.12. The SMILES string of the molecule is CC(C)CCN1C[C@H]2C(=O)NC3(CCN(S(=O)(=O)c4ccccn4)CC3)[C@H]2C1.O=C(O)C(F)(F)F. The Bertz CT molecular complexity index is 1010. The number of carboxylic acid groups (broad SMARTS) is 1. The van der Waals surface area contributed by atoms with Gasteiger partial charge < -0.3 is 15.3 Å². The van der Waals surface area contributed by atoms with Crippen LogP contribution in [-0.2, 0) is 19.6 Å². The number of sulfonamides is 1. The molecule has 0 aliphatic carbocycles. The maximum Gasteiger partial charge on any atom is 0.490 e. The summed E-state index contributed by atoms with van der Waals surface area (Å²) < 4.78 is 59.0. The maximum atomic E-state index is 12.9. The fourth-order valence-corrected chi connectivity index (χ4v) is 6.39. The van der Waals surface area contributed by atoms with Gasteiger partial charge >= 0.3 is 12.1 Å². The van der Waals surface area contributed by atoms with Crippen LogP contribution < -0.4 is 5.32 Å². The first-order chi connectivity index (χ1) is 16.3. The number of likely N-dealkylation sites (tertiary alicyclic amines) is 1. The predicted octanol–water partition coefficient (Wildman–Crippen LogP) is 1.96. The normalized spacial score (nSPS) is 24.7. The number of halogens is 3. The van der Waals surface area contributed by atoms with Gasteiger partial charge in [0.25, 0.3) is 10.0 Å². The summed E-state index contributed by atoms with van der Waals surface area (Å²) in [4.78, 5) is 28.0. The molecular formula is C22H31F3N4O5S. The molecule has 1 aromatic rings. The van der Waals surface area contributed by atoms with Crippen LogP contribution in [0.25, 0.3) is 0 Å². The fourth-order valence-electron chi connectivity index (χ4n) is 5.02. The number of aliphatic carboxylic acids is 1. The van der Waals surface area contributed by atoms with Crippen LogP contribution in [0.4, 0.5) is 13.2 Å². The van der Waals surface area contributed by atoms with Crippen LogP contribution in [0.15, 0.2) is 29.4 Å². The number of hydrogen-bond acceptors (Lipinski definition) is 6. The Morgan fingerprint density at radius 3 is 2.40 bits per heavy atom. The van der Waals surface area contributed by atoms with Crippen molar-refractivity contribution in [3.05, 3.63) is 24.4 Å². The lowest BCUT2D eigenvalue weighted by Gasteiger charge is -2.42. The van der Waals surface area contributed by atoms with Gasteiger partial charge in [0.05, 0.1) is 5.92 Å². The van der Waals surface area contributed by atoms with Crippen LogP contribution in [0.2, 0.25) is 0 Å². The highest BCUT2D eigenvalue weighted by Crippen LogP contribution is 2.44. The molecule has 9 nitrogen and oxygen atoms in total. The van der Waals surface area contributed by atoms with E-state index in [1.165, 1.54) is 16.6 Å². The van der Waals surface area contributed by atoms with E-state index >= 15 is 0 Å². The molecule has 3 saturated heterocycles. The Hall–Kier alpha value is -2.25. The molecule has 13 heteroatoms. The first-order valence-corrected chi connectivity index (χ1v) is 13.0. The Balaban J connectivity index is 0.000000429. The van der Waals surface area contributed by atoms with Gasteiger partial charge in [-0.2, -0.15) is 17.5 Å².